The van der Waals surface area contributed by atoms with Gasteiger partial charge in [-0.3, -0.25) is 0 Å². The van der Waals surface area contributed by atoms with Crippen LogP contribution in [0.3, 0.4) is 0 Å². The van der Waals surface area contributed by atoms with E-state index in [4.69, 9.17) is 12.2 Å². The lowest BCUT2D eigenvalue weighted by Crippen LogP contribution is -2.06. The normalized spacial score (nSPS) is 11.1. The van der Waals surface area contributed by atoms with E-state index >= 15 is 0 Å². The lowest BCUT2D eigenvalue weighted by atomic mass is 9.97. The molecule has 2 N–H and O–H groups in total. The smallest absolute Gasteiger partial charge is 0.398 e. The molecule has 0 aliphatic rings. The van der Waals surface area contributed by atoms with E-state index in [0.717, 1.165) is 0 Å². The minimum absolute atomic E-state index is 0.0309. The molecule has 0 spiro atoms. The van der Waals surface area contributed by atoms with Crippen LogP contribution in [0.2, 0.25) is 0 Å². The van der Waals surface area contributed by atoms with Crippen molar-refractivity contribution in [1.29, 1.82) is 0 Å². The number of nitrogen functional groups attached to an aromatic ring is 1. The molecule has 0 atom stereocenters. The van der Waals surface area contributed by atoms with Gasteiger partial charge in [-0.05, 0) is 35.2 Å². The van der Waals surface area contributed by atoms with Crippen molar-refractivity contribution in [3.8, 4) is 12.3 Å². The zero-order chi connectivity index (χ0) is 14.9. The maximum Gasteiger partial charge on any atom is 0.426 e. The number of alkyl halides is 3. The second-order valence-corrected chi connectivity index (χ2v) is 5.00. The lowest BCUT2D eigenvalue weighted by Gasteiger charge is -2.12. The molecule has 2 rings (SSSR count). The van der Waals surface area contributed by atoms with Crippen LogP contribution in [-0.2, 0) is 6.18 Å². The van der Waals surface area contributed by atoms with E-state index in [1.165, 1.54) is 11.4 Å². The number of hydrogen-bond acceptors (Lipinski definition) is 2. The zero-order valence-corrected chi connectivity index (χ0v) is 11.1. The first kappa shape index (κ1) is 14.2. The fourth-order valence-corrected chi connectivity index (χ4v) is 2.61. The maximum atomic E-state index is 12.9. The predicted molar refractivity (Wildman–Crippen MR) is 76.2 cm³/mol. The number of rotatable bonds is 2. The molecular formula is C15H10F3NS. The average molecular weight is 293 g/mol. The molecule has 0 bridgehead atoms. The van der Waals surface area contributed by atoms with E-state index in [0.29, 0.717) is 28.2 Å². The van der Waals surface area contributed by atoms with Crippen LogP contribution in [0, 0.1) is 12.3 Å². The quantitative estimate of drug-likeness (QED) is 0.645. The second-order valence-electron chi connectivity index (χ2n) is 4.09. The Balaban J connectivity index is 2.53. The average Bonchev–Trinajstić information content (AvgIpc) is 2.87. The van der Waals surface area contributed by atoms with Crippen LogP contribution in [0.1, 0.15) is 21.6 Å². The molecule has 0 amide bonds. The first-order chi connectivity index (χ1) is 9.34. The summed E-state index contributed by atoms with van der Waals surface area (Å²) in [5.41, 5.74) is 7.35. The van der Waals surface area contributed by atoms with Crippen LogP contribution in [0.4, 0.5) is 18.9 Å². The summed E-state index contributed by atoms with van der Waals surface area (Å²) in [4.78, 5) is -0.687. The molecule has 1 nitrogen and oxygen atoms in total. The van der Waals surface area contributed by atoms with Crippen molar-refractivity contribution in [3.05, 3.63) is 57.8 Å². The Hall–Kier alpha value is -2.19. The molecule has 1 heterocycles. The van der Waals surface area contributed by atoms with Gasteiger partial charge in [0.15, 0.2) is 0 Å². The maximum absolute atomic E-state index is 12.9. The van der Waals surface area contributed by atoms with Crippen molar-refractivity contribution in [2.45, 2.75) is 6.18 Å². The highest BCUT2D eigenvalue weighted by molar-refractivity contribution is 7.10. The molecule has 0 saturated carbocycles. The Morgan fingerprint density at radius 2 is 1.95 bits per heavy atom. The van der Waals surface area contributed by atoms with Gasteiger partial charge < -0.3 is 5.73 Å². The predicted octanol–water partition coefficient (Wildman–Crippen LogP) is 4.39. The summed E-state index contributed by atoms with van der Waals surface area (Å²) >= 11 is 0.628. The topological polar surface area (TPSA) is 26.0 Å². The number of terminal acetylenes is 1. The molecule has 5 heteroatoms. The molecule has 1 aromatic carbocycles. The number of nitrogens with two attached hydrogens (primary N) is 1. The van der Waals surface area contributed by atoms with Gasteiger partial charge in [0.2, 0.25) is 0 Å². The first-order valence-electron chi connectivity index (χ1n) is 5.55. The van der Waals surface area contributed by atoms with Gasteiger partial charge >= 0.3 is 6.18 Å². The van der Waals surface area contributed by atoms with E-state index in [2.05, 4.69) is 12.5 Å². The number of anilines is 1. The number of thiophene rings is 1. The molecule has 0 aliphatic carbocycles. The fourth-order valence-electron chi connectivity index (χ4n) is 1.82. The third-order valence-corrected chi connectivity index (χ3v) is 3.75. The SMILES string of the molecule is C#Cc1ccc(N)c(C(=C)c2ccsc2C(F)(F)F)c1. The number of hydrogen-bond donors (Lipinski definition) is 1. The van der Waals surface area contributed by atoms with E-state index in [-0.39, 0.29) is 11.1 Å². The van der Waals surface area contributed by atoms with Crippen LogP contribution in [0.15, 0.2) is 36.2 Å². The van der Waals surface area contributed by atoms with E-state index in [1.54, 1.807) is 18.2 Å². The van der Waals surface area contributed by atoms with Gasteiger partial charge in [0.1, 0.15) is 4.88 Å². The highest BCUT2D eigenvalue weighted by Crippen LogP contribution is 2.41. The Morgan fingerprint density at radius 3 is 2.55 bits per heavy atom. The van der Waals surface area contributed by atoms with Crippen molar-refractivity contribution in [2.24, 2.45) is 0 Å². The van der Waals surface area contributed by atoms with Crippen LogP contribution in [0.5, 0.6) is 0 Å². The monoisotopic (exact) mass is 293 g/mol. The van der Waals surface area contributed by atoms with Crippen molar-refractivity contribution < 1.29 is 13.2 Å². The van der Waals surface area contributed by atoms with Gasteiger partial charge in [0.05, 0.1) is 0 Å². The highest BCUT2D eigenvalue weighted by atomic mass is 32.1. The molecule has 0 aliphatic heterocycles. The highest BCUT2D eigenvalue weighted by Gasteiger charge is 2.35. The molecule has 102 valence electrons. The Morgan fingerprint density at radius 1 is 1.25 bits per heavy atom. The summed E-state index contributed by atoms with van der Waals surface area (Å²) in [5, 5.41) is 1.38. The summed E-state index contributed by atoms with van der Waals surface area (Å²) in [6, 6.07) is 6.15. The molecule has 0 unspecified atom stereocenters. The summed E-state index contributed by atoms with van der Waals surface area (Å²) in [6.45, 7) is 3.74. The van der Waals surface area contributed by atoms with Crippen LogP contribution in [-0.4, -0.2) is 0 Å². The minimum Gasteiger partial charge on any atom is -0.398 e. The molecule has 2 aromatic rings. The molecule has 0 saturated heterocycles. The largest absolute Gasteiger partial charge is 0.426 e. The second kappa shape index (κ2) is 5.06. The van der Waals surface area contributed by atoms with E-state index in [1.807, 2.05) is 0 Å². The third-order valence-electron chi connectivity index (χ3n) is 2.79. The van der Waals surface area contributed by atoms with Crippen LogP contribution < -0.4 is 5.73 Å². The van der Waals surface area contributed by atoms with Gasteiger partial charge in [-0.2, -0.15) is 13.2 Å². The van der Waals surface area contributed by atoms with Gasteiger partial charge in [-0.1, -0.05) is 12.5 Å². The van der Waals surface area contributed by atoms with Gasteiger partial charge in [-0.25, -0.2) is 0 Å². The van der Waals surface area contributed by atoms with E-state index in [9.17, 15) is 13.2 Å². The van der Waals surface area contributed by atoms with E-state index < -0.39 is 11.1 Å². The number of benzene rings is 1. The van der Waals surface area contributed by atoms with Crippen LogP contribution in [0.25, 0.3) is 5.57 Å². The van der Waals surface area contributed by atoms with Gasteiger partial charge in [0.25, 0.3) is 0 Å². The number of halogens is 3. The molecule has 0 fully saturated rings. The first-order valence-corrected chi connectivity index (χ1v) is 6.43. The van der Waals surface area contributed by atoms with Crippen molar-refractivity contribution in [2.75, 3.05) is 5.73 Å². The zero-order valence-electron chi connectivity index (χ0n) is 10.3. The molecule has 20 heavy (non-hydrogen) atoms. The minimum atomic E-state index is -4.41. The third kappa shape index (κ3) is 2.56. The molecular weight excluding hydrogens is 283 g/mol. The Bertz CT molecular complexity index is 705. The molecule has 0 radical (unpaired) electrons. The summed E-state index contributed by atoms with van der Waals surface area (Å²) in [7, 11) is 0. The summed E-state index contributed by atoms with van der Waals surface area (Å²) < 4.78 is 38.7. The van der Waals surface area contributed by atoms with Crippen molar-refractivity contribution >= 4 is 22.6 Å². The van der Waals surface area contributed by atoms with Crippen LogP contribution >= 0.6 is 11.3 Å². The van der Waals surface area contributed by atoms with Gasteiger partial charge in [-0.15, -0.1) is 17.8 Å². The van der Waals surface area contributed by atoms with Crippen molar-refractivity contribution in [3.63, 3.8) is 0 Å². The standard InChI is InChI=1S/C15H10F3NS/c1-3-10-4-5-13(19)12(8-10)9(2)11-6-7-20-14(11)15(16,17)18/h1,4-8H,2,19H2. The summed E-state index contributed by atoms with van der Waals surface area (Å²) in [5.74, 6) is 2.42. The van der Waals surface area contributed by atoms with Gasteiger partial charge in [0, 0.05) is 22.4 Å². The fraction of sp³-hybridized carbons (Fsp3) is 0.0667. The summed E-state index contributed by atoms with van der Waals surface area (Å²) in [6.07, 6.45) is 0.877. The Kier molecular flexibility index (Phi) is 3.60. The Labute approximate surface area is 118 Å². The van der Waals surface area contributed by atoms with Crippen molar-refractivity contribution in [1.82, 2.24) is 0 Å². The lowest BCUT2D eigenvalue weighted by molar-refractivity contribution is -0.134. The molecule has 1 aromatic heterocycles.